The van der Waals surface area contributed by atoms with Crippen molar-refractivity contribution >= 4 is 22.7 Å². The smallest absolute Gasteiger partial charge is 0.333 e. The van der Waals surface area contributed by atoms with Gasteiger partial charge in [0.25, 0.3) is 0 Å². The van der Waals surface area contributed by atoms with Crippen molar-refractivity contribution in [2.45, 2.75) is 45.8 Å². The largest absolute Gasteiger partial charge is 0.458 e. The van der Waals surface area contributed by atoms with Crippen molar-refractivity contribution in [1.29, 1.82) is 0 Å². The van der Waals surface area contributed by atoms with Crippen LogP contribution in [0.5, 0.6) is 0 Å². The van der Waals surface area contributed by atoms with E-state index in [-0.39, 0.29) is 19.2 Å². The summed E-state index contributed by atoms with van der Waals surface area (Å²) in [7, 11) is 0. The van der Waals surface area contributed by atoms with Gasteiger partial charge < -0.3 is 9.47 Å². The molecular weight excluding hydrogens is 484 g/mol. The van der Waals surface area contributed by atoms with Gasteiger partial charge in [0.05, 0.1) is 0 Å². The third kappa shape index (κ3) is 7.78. The Kier molecular flexibility index (Phi) is 9.47. The van der Waals surface area contributed by atoms with E-state index >= 15 is 0 Å². The number of carbonyl (C=O) groups is 2. The highest BCUT2D eigenvalue weighted by atomic mass is 16.5. The van der Waals surface area contributed by atoms with E-state index in [1.807, 2.05) is 24.3 Å². The third-order valence-electron chi connectivity index (χ3n) is 6.78. The summed E-state index contributed by atoms with van der Waals surface area (Å²) in [5.74, 6) is -0.776. The SMILES string of the molecule is C=CC(=O)OCc1ccc(CCc2ccc(CCc3ccc(COC(=O)C(=C)C)cc3)c3ccccc23)cc1. The minimum atomic E-state index is -0.411. The van der Waals surface area contributed by atoms with E-state index in [4.69, 9.17) is 9.47 Å². The molecule has 0 N–H and O–H groups in total. The summed E-state index contributed by atoms with van der Waals surface area (Å²) in [4.78, 5) is 22.9. The van der Waals surface area contributed by atoms with Crippen LogP contribution in [0, 0.1) is 0 Å². The fourth-order valence-corrected chi connectivity index (χ4v) is 4.51. The van der Waals surface area contributed by atoms with E-state index in [0.717, 1.165) is 36.8 Å². The van der Waals surface area contributed by atoms with Gasteiger partial charge in [0.1, 0.15) is 13.2 Å². The van der Waals surface area contributed by atoms with Crippen LogP contribution in [0.25, 0.3) is 10.8 Å². The highest BCUT2D eigenvalue weighted by Crippen LogP contribution is 2.26. The summed E-state index contributed by atoms with van der Waals surface area (Å²) in [6.07, 6.45) is 4.94. The molecule has 4 aromatic rings. The van der Waals surface area contributed by atoms with Crippen molar-refractivity contribution in [3.63, 3.8) is 0 Å². The topological polar surface area (TPSA) is 52.6 Å². The monoisotopic (exact) mass is 518 g/mol. The Labute approximate surface area is 230 Å². The van der Waals surface area contributed by atoms with Crippen molar-refractivity contribution in [1.82, 2.24) is 0 Å². The van der Waals surface area contributed by atoms with Gasteiger partial charge >= 0.3 is 11.9 Å². The summed E-state index contributed by atoms with van der Waals surface area (Å²) in [5, 5.41) is 2.61. The molecule has 0 heterocycles. The average Bonchev–Trinajstić information content (AvgIpc) is 2.97. The maximum absolute atomic E-state index is 11.6. The zero-order valence-corrected chi connectivity index (χ0v) is 22.5. The van der Waals surface area contributed by atoms with Gasteiger partial charge in [-0.05, 0) is 76.8 Å². The predicted molar refractivity (Wildman–Crippen MR) is 156 cm³/mol. The van der Waals surface area contributed by atoms with Crippen LogP contribution in [0.4, 0.5) is 0 Å². The molecule has 4 nitrogen and oxygen atoms in total. The van der Waals surface area contributed by atoms with E-state index in [0.29, 0.717) is 5.57 Å². The minimum Gasteiger partial charge on any atom is -0.458 e. The van der Waals surface area contributed by atoms with Crippen LogP contribution in [-0.4, -0.2) is 11.9 Å². The lowest BCUT2D eigenvalue weighted by atomic mass is 9.93. The molecule has 0 fully saturated rings. The number of hydrogen-bond acceptors (Lipinski definition) is 4. The Morgan fingerprint density at radius 1 is 0.641 bits per heavy atom. The molecule has 0 saturated carbocycles. The molecule has 0 spiro atoms. The standard InChI is InChI=1S/C35H34O4/c1-4-34(36)38-23-28-13-9-26(10-14-28)17-19-30-21-22-31(33-8-6-5-7-32(30)33)20-18-27-11-15-29(16-12-27)24-39-35(37)25(2)3/h4-16,21-22H,1-2,17-20,23-24H2,3H3. The molecule has 4 heteroatoms. The number of aryl methyl sites for hydroxylation is 4. The zero-order valence-electron chi connectivity index (χ0n) is 22.5. The molecule has 0 aromatic heterocycles. The van der Waals surface area contributed by atoms with Gasteiger partial charge in [-0.2, -0.15) is 0 Å². The normalized spacial score (nSPS) is 10.7. The molecule has 0 radical (unpaired) electrons. The van der Waals surface area contributed by atoms with E-state index in [2.05, 4.69) is 73.8 Å². The van der Waals surface area contributed by atoms with Crippen LogP contribution in [0.2, 0.25) is 0 Å². The summed E-state index contributed by atoms with van der Waals surface area (Å²) in [6, 6.07) is 29.6. The quantitative estimate of drug-likeness (QED) is 0.146. The Bertz CT molecular complexity index is 1460. The molecule has 0 bridgehead atoms. The van der Waals surface area contributed by atoms with E-state index in [1.165, 1.54) is 39.1 Å². The first-order valence-corrected chi connectivity index (χ1v) is 13.2. The van der Waals surface area contributed by atoms with Crippen LogP contribution in [-0.2, 0) is 58.0 Å². The molecule has 0 amide bonds. The maximum atomic E-state index is 11.6. The van der Waals surface area contributed by atoms with Gasteiger partial charge in [-0.25, -0.2) is 9.59 Å². The Hall–Kier alpha value is -4.44. The molecule has 39 heavy (non-hydrogen) atoms. The minimum absolute atomic E-state index is 0.256. The van der Waals surface area contributed by atoms with Crippen LogP contribution < -0.4 is 0 Å². The van der Waals surface area contributed by atoms with Crippen molar-refractivity contribution in [2.75, 3.05) is 0 Å². The fraction of sp³-hybridized carbons (Fsp3) is 0.200. The summed E-state index contributed by atoms with van der Waals surface area (Å²) in [5.41, 5.74) is 7.52. The van der Waals surface area contributed by atoms with Crippen molar-refractivity contribution in [3.05, 3.63) is 143 Å². The zero-order chi connectivity index (χ0) is 27.6. The second kappa shape index (κ2) is 13.4. The fourth-order valence-electron chi connectivity index (χ4n) is 4.51. The predicted octanol–water partition coefficient (Wildman–Crippen LogP) is 7.26. The number of fused-ring (bicyclic) bond motifs is 1. The first-order valence-electron chi connectivity index (χ1n) is 13.2. The number of ether oxygens (including phenoxy) is 2. The first kappa shape index (κ1) is 27.6. The van der Waals surface area contributed by atoms with Crippen molar-refractivity contribution < 1.29 is 19.1 Å². The Morgan fingerprint density at radius 2 is 1.08 bits per heavy atom. The highest BCUT2D eigenvalue weighted by Gasteiger charge is 2.08. The third-order valence-corrected chi connectivity index (χ3v) is 6.78. The molecule has 0 aliphatic carbocycles. The molecule has 4 rings (SSSR count). The maximum Gasteiger partial charge on any atom is 0.333 e. The van der Waals surface area contributed by atoms with E-state index in [9.17, 15) is 9.59 Å². The van der Waals surface area contributed by atoms with Crippen LogP contribution in [0.1, 0.15) is 40.3 Å². The molecule has 0 unspecified atom stereocenters. The Morgan fingerprint density at radius 3 is 1.51 bits per heavy atom. The number of benzene rings is 4. The number of esters is 2. The van der Waals surface area contributed by atoms with Crippen LogP contribution in [0.15, 0.2) is 110 Å². The van der Waals surface area contributed by atoms with Gasteiger partial charge in [0, 0.05) is 11.6 Å². The molecule has 4 aromatic carbocycles. The average molecular weight is 519 g/mol. The molecule has 198 valence electrons. The van der Waals surface area contributed by atoms with Gasteiger partial charge in [0.2, 0.25) is 0 Å². The van der Waals surface area contributed by atoms with Crippen LogP contribution in [0.3, 0.4) is 0 Å². The van der Waals surface area contributed by atoms with Gasteiger partial charge in [0.15, 0.2) is 0 Å². The van der Waals surface area contributed by atoms with Crippen molar-refractivity contribution in [2.24, 2.45) is 0 Å². The van der Waals surface area contributed by atoms with Gasteiger partial charge in [-0.1, -0.05) is 98.1 Å². The number of rotatable bonds is 12. The molecule has 0 aliphatic rings. The second-order valence-electron chi connectivity index (χ2n) is 9.73. The van der Waals surface area contributed by atoms with Crippen LogP contribution >= 0.6 is 0 Å². The van der Waals surface area contributed by atoms with E-state index in [1.54, 1.807) is 6.92 Å². The lowest BCUT2D eigenvalue weighted by Gasteiger charge is -2.12. The number of hydrogen-bond donors (Lipinski definition) is 0. The van der Waals surface area contributed by atoms with Crippen molar-refractivity contribution in [3.8, 4) is 0 Å². The molecular formula is C35H34O4. The molecule has 0 saturated heterocycles. The summed E-state index contributed by atoms with van der Waals surface area (Å²) < 4.78 is 10.3. The molecule has 0 aliphatic heterocycles. The second-order valence-corrected chi connectivity index (χ2v) is 9.73. The van der Waals surface area contributed by atoms with E-state index < -0.39 is 5.97 Å². The lowest BCUT2D eigenvalue weighted by Crippen LogP contribution is -2.04. The van der Waals surface area contributed by atoms with Gasteiger partial charge in [-0.15, -0.1) is 0 Å². The Balaban J connectivity index is 1.36. The summed E-state index contributed by atoms with van der Waals surface area (Å²) in [6.45, 7) is 9.19. The highest BCUT2D eigenvalue weighted by molar-refractivity contribution is 5.89. The first-order chi connectivity index (χ1) is 18.9. The van der Waals surface area contributed by atoms with Gasteiger partial charge in [-0.3, -0.25) is 0 Å². The number of carbonyl (C=O) groups excluding carboxylic acids is 2. The lowest BCUT2D eigenvalue weighted by molar-refractivity contribution is -0.140. The summed E-state index contributed by atoms with van der Waals surface area (Å²) >= 11 is 0. The molecule has 0 atom stereocenters.